The summed E-state index contributed by atoms with van der Waals surface area (Å²) >= 11 is 1.09. The van der Waals surface area contributed by atoms with Crippen molar-refractivity contribution in [3.05, 3.63) is 0 Å². The van der Waals surface area contributed by atoms with Gasteiger partial charge in [-0.1, -0.05) is 12.8 Å². The SMILES string of the molecule is F[B-](F)(F)CSC1CCCC1.[K+]. The molecule has 1 fully saturated rings. The Morgan fingerprint density at radius 3 is 2.08 bits per heavy atom. The molecule has 0 aromatic rings. The summed E-state index contributed by atoms with van der Waals surface area (Å²) in [5, 5.41) is 0.290. The molecule has 0 nitrogen and oxygen atoms in total. The summed E-state index contributed by atoms with van der Waals surface area (Å²) in [4.78, 5) is 0. The van der Waals surface area contributed by atoms with E-state index in [2.05, 4.69) is 0 Å². The molecular weight excluding hydrogens is 211 g/mol. The Kier molecular flexibility index (Phi) is 7.32. The van der Waals surface area contributed by atoms with Gasteiger partial charge in [-0.2, -0.15) is 11.8 Å². The van der Waals surface area contributed by atoms with Crippen molar-refractivity contribution in [3.63, 3.8) is 0 Å². The Hall–Kier alpha value is 1.84. The Morgan fingerprint density at radius 1 is 1.17 bits per heavy atom. The van der Waals surface area contributed by atoms with Crippen molar-refractivity contribution in [1.82, 2.24) is 0 Å². The van der Waals surface area contributed by atoms with Gasteiger partial charge in [-0.15, -0.1) is 0 Å². The Morgan fingerprint density at radius 2 is 1.67 bits per heavy atom. The van der Waals surface area contributed by atoms with Gasteiger partial charge >= 0.3 is 58.4 Å². The monoisotopic (exact) mass is 222 g/mol. The summed E-state index contributed by atoms with van der Waals surface area (Å²) in [5.41, 5.74) is -0.606. The van der Waals surface area contributed by atoms with Crippen molar-refractivity contribution in [1.29, 1.82) is 0 Å². The van der Waals surface area contributed by atoms with Crippen molar-refractivity contribution < 1.29 is 64.3 Å². The van der Waals surface area contributed by atoms with Crippen LogP contribution in [0.3, 0.4) is 0 Å². The third-order valence-electron chi connectivity index (χ3n) is 1.82. The average Bonchev–Trinajstić information content (AvgIpc) is 2.32. The zero-order chi connectivity index (χ0) is 8.32. The minimum atomic E-state index is -4.56. The summed E-state index contributed by atoms with van der Waals surface area (Å²) in [6, 6.07) is 0. The Bertz CT molecular complexity index is 124. The van der Waals surface area contributed by atoms with Gasteiger partial charge in [0.15, 0.2) is 0 Å². The molecule has 66 valence electrons. The predicted octanol–water partition coefficient (Wildman–Crippen LogP) is 0.0528. The molecule has 0 spiro atoms. The van der Waals surface area contributed by atoms with Crippen LogP contribution in [0, 0.1) is 0 Å². The second kappa shape index (κ2) is 6.35. The number of thioether (sulfide) groups is 1. The van der Waals surface area contributed by atoms with Crippen LogP contribution in [-0.2, 0) is 0 Å². The number of hydrogen-bond donors (Lipinski definition) is 0. The van der Waals surface area contributed by atoms with E-state index in [-0.39, 0.29) is 51.4 Å². The van der Waals surface area contributed by atoms with Gasteiger partial charge in [0.05, 0.1) is 0 Å². The van der Waals surface area contributed by atoms with Crippen molar-refractivity contribution in [2.75, 3.05) is 5.65 Å². The predicted molar refractivity (Wildman–Crippen MR) is 43.8 cm³/mol. The first-order chi connectivity index (χ1) is 5.08. The largest absolute Gasteiger partial charge is 1.00 e. The van der Waals surface area contributed by atoms with Crippen LogP contribution in [0.4, 0.5) is 12.9 Å². The molecule has 0 aliphatic heterocycles. The van der Waals surface area contributed by atoms with Crippen molar-refractivity contribution in [3.8, 4) is 0 Å². The molecule has 6 heteroatoms. The van der Waals surface area contributed by atoms with Crippen molar-refractivity contribution >= 4 is 18.7 Å². The van der Waals surface area contributed by atoms with Gasteiger partial charge in [-0.25, -0.2) is 0 Å². The Balaban J connectivity index is 0.00000121. The van der Waals surface area contributed by atoms with Crippen LogP contribution >= 0.6 is 11.8 Å². The summed E-state index contributed by atoms with van der Waals surface area (Å²) in [6.45, 7) is -4.56. The van der Waals surface area contributed by atoms with E-state index in [4.69, 9.17) is 0 Å². The van der Waals surface area contributed by atoms with E-state index >= 15 is 0 Å². The first-order valence-corrected chi connectivity index (χ1v) is 4.95. The van der Waals surface area contributed by atoms with Crippen LogP contribution in [0.2, 0.25) is 0 Å². The van der Waals surface area contributed by atoms with Gasteiger partial charge < -0.3 is 12.9 Å². The van der Waals surface area contributed by atoms with E-state index in [1.165, 1.54) is 0 Å². The maximum absolute atomic E-state index is 11.8. The van der Waals surface area contributed by atoms with E-state index in [1.54, 1.807) is 0 Å². The smallest absolute Gasteiger partial charge is 0.448 e. The molecule has 1 aliphatic carbocycles. The van der Waals surface area contributed by atoms with Crippen molar-refractivity contribution in [2.45, 2.75) is 30.9 Å². The minimum absolute atomic E-state index is 0. The van der Waals surface area contributed by atoms with Crippen molar-refractivity contribution in [2.24, 2.45) is 0 Å². The first-order valence-electron chi connectivity index (χ1n) is 3.90. The topological polar surface area (TPSA) is 0 Å². The molecule has 0 atom stereocenters. The Labute approximate surface area is 118 Å². The average molecular weight is 222 g/mol. The third-order valence-corrected chi connectivity index (χ3v) is 3.34. The molecule has 0 bridgehead atoms. The molecule has 0 N–H and O–H groups in total. The first kappa shape index (κ1) is 13.8. The molecule has 1 aliphatic rings. The van der Waals surface area contributed by atoms with E-state index in [0.29, 0.717) is 5.25 Å². The molecule has 0 heterocycles. The number of hydrogen-bond acceptors (Lipinski definition) is 1. The number of rotatable bonds is 3. The van der Waals surface area contributed by atoms with Crippen LogP contribution in [0.1, 0.15) is 25.7 Å². The third kappa shape index (κ3) is 6.32. The minimum Gasteiger partial charge on any atom is -0.448 e. The van der Waals surface area contributed by atoms with Gasteiger partial charge in [0, 0.05) is 5.25 Å². The second-order valence-corrected chi connectivity index (χ2v) is 4.28. The van der Waals surface area contributed by atoms with Crippen LogP contribution in [0.5, 0.6) is 0 Å². The second-order valence-electron chi connectivity index (χ2n) is 2.95. The maximum atomic E-state index is 11.8. The molecule has 0 amide bonds. The molecule has 0 radical (unpaired) electrons. The normalized spacial score (nSPS) is 19.2. The van der Waals surface area contributed by atoms with Crippen LogP contribution in [0.15, 0.2) is 0 Å². The fourth-order valence-electron chi connectivity index (χ4n) is 1.30. The van der Waals surface area contributed by atoms with Gasteiger partial charge in [0.25, 0.3) is 0 Å². The molecule has 0 aromatic heterocycles. The zero-order valence-electron chi connectivity index (χ0n) is 7.23. The molecule has 0 unspecified atom stereocenters. The van der Waals surface area contributed by atoms with E-state index in [9.17, 15) is 12.9 Å². The fraction of sp³-hybridized carbons (Fsp3) is 1.00. The zero-order valence-corrected chi connectivity index (χ0v) is 11.2. The standard InChI is InChI=1S/C6H11BF3S.K/c8-7(9,10)5-11-6-3-1-2-4-6;/h6H,1-5H2;/q-1;+1. The fourth-order valence-corrected chi connectivity index (χ4v) is 2.46. The van der Waals surface area contributed by atoms with E-state index in [1.807, 2.05) is 0 Å². The van der Waals surface area contributed by atoms with Gasteiger partial charge in [0.1, 0.15) is 0 Å². The molecule has 1 rings (SSSR count). The summed E-state index contributed by atoms with van der Waals surface area (Å²) in [5.74, 6) is 0. The van der Waals surface area contributed by atoms with Crippen LogP contribution in [0.25, 0.3) is 0 Å². The van der Waals surface area contributed by atoms with Gasteiger partial charge in [-0.3, -0.25) is 0 Å². The van der Waals surface area contributed by atoms with E-state index in [0.717, 1.165) is 37.4 Å². The number of halogens is 3. The summed E-state index contributed by atoms with van der Waals surface area (Å²) in [7, 11) is 0. The molecule has 1 saturated carbocycles. The maximum Gasteiger partial charge on any atom is 1.00 e. The van der Waals surface area contributed by atoms with E-state index < -0.39 is 12.6 Å². The van der Waals surface area contributed by atoms with Gasteiger partial charge in [-0.05, 0) is 18.5 Å². The molecular formula is C6H11BF3KS. The quantitative estimate of drug-likeness (QED) is 0.608. The molecule has 0 saturated heterocycles. The molecule has 0 aromatic carbocycles. The van der Waals surface area contributed by atoms with Crippen LogP contribution < -0.4 is 51.4 Å². The van der Waals surface area contributed by atoms with Crippen LogP contribution in [-0.4, -0.2) is 17.9 Å². The van der Waals surface area contributed by atoms with Gasteiger partial charge in [0.2, 0.25) is 0 Å². The summed E-state index contributed by atoms with van der Waals surface area (Å²) < 4.78 is 35.3. The molecule has 12 heavy (non-hydrogen) atoms. The summed E-state index contributed by atoms with van der Waals surface area (Å²) in [6.07, 6.45) is 4.19.